The van der Waals surface area contributed by atoms with Crippen molar-refractivity contribution in [2.24, 2.45) is 0 Å². The number of benzene rings is 3. The fraction of sp³-hybridized carbons (Fsp3) is 0.250. The molecule has 0 aliphatic carbocycles. The molecule has 2 N–H and O–H groups in total. The van der Waals surface area contributed by atoms with Gasteiger partial charge in [0.1, 0.15) is 17.6 Å². The molecule has 2 atom stereocenters. The van der Waals surface area contributed by atoms with Gasteiger partial charge in [0.25, 0.3) is 0 Å². The smallest absolute Gasteiger partial charge is 0.123 e. The average molecular weight is 568 g/mol. The zero-order chi connectivity index (χ0) is 29.1. The quantitative estimate of drug-likeness (QED) is 0.187. The molecule has 9 heteroatoms. The SMILES string of the molecule is CC[C@@H](Nc1c(C#N)cnc2c(Cl)cc(N[C@@H](c3ccc(F)cc3)c3cn(C(C)C)nn3)cc12)c1ccccc1C. The van der Waals surface area contributed by atoms with E-state index < -0.39 is 6.04 Å². The predicted molar refractivity (Wildman–Crippen MR) is 162 cm³/mol. The van der Waals surface area contributed by atoms with Crippen molar-refractivity contribution in [1.29, 1.82) is 5.26 Å². The van der Waals surface area contributed by atoms with E-state index in [4.69, 9.17) is 11.6 Å². The molecule has 0 saturated heterocycles. The maximum absolute atomic E-state index is 13.8. The Balaban J connectivity index is 1.61. The highest BCUT2D eigenvalue weighted by molar-refractivity contribution is 6.35. The molecule has 2 aromatic heterocycles. The van der Waals surface area contributed by atoms with E-state index in [2.05, 4.69) is 58.0 Å². The highest BCUT2D eigenvalue weighted by Crippen LogP contribution is 2.37. The summed E-state index contributed by atoms with van der Waals surface area (Å²) in [6.45, 7) is 8.24. The number of aryl methyl sites for hydroxylation is 1. The lowest BCUT2D eigenvalue weighted by Gasteiger charge is -2.23. The molecule has 3 aromatic carbocycles. The summed E-state index contributed by atoms with van der Waals surface area (Å²) in [5.41, 5.74) is 6.19. The minimum atomic E-state index is -0.435. The van der Waals surface area contributed by atoms with Crippen molar-refractivity contribution in [2.45, 2.75) is 52.2 Å². The monoisotopic (exact) mass is 567 g/mol. The number of anilines is 2. The van der Waals surface area contributed by atoms with Crippen LogP contribution in [-0.2, 0) is 0 Å². The molecule has 0 saturated carbocycles. The van der Waals surface area contributed by atoms with Crippen LogP contribution in [0.5, 0.6) is 0 Å². The Hall–Kier alpha value is -4.48. The van der Waals surface area contributed by atoms with Crippen molar-refractivity contribution in [3.05, 3.63) is 112 Å². The van der Waals surface area contributed by atoms with Gasteiger partial charge in [0.05, 0.1) is 40.1 Å². The lowest BCUT2D eigenvalue weighted by molar-refractivity contribution is 0.514. The summed E-state index contributed by atoms with van der Waals surface area (Å²) in [6, 6.07) is 20.2. The molecule has 2 heterocycles. The molecule has 0 unspecified atom stereocenters. The van der Waals surface area contributed by atoms with Gasteiger partial charge in [-0.2, -0.15) is 5.26 Å². The Morgan fingerprint density at radius 1 is 1.07 bits per heavy atom. The molecular weight excluding hydrogens is 537 g/mol. The van der Waals surface area contributed by atoms with Gasteiger partial charge in [-0.25, -0.2) is 9.07 Å². The number of hydrogen-bond donors (Lipinski definition) is 2. The first-order valence-electron chi connectivity index (χ1n) is 13.6. The maximum atomic E-state index is 13.8. The molecule has 0 spiro atoms. The normalized spacial score (nSPS) is 12.7. The van der Waals surface area contributed by atoms with Crippen LogP contribution in [0.1, 0.15) is 73.3 Å². The number of halogens is 2. The van der Waals surface area contributed by atoms with Crippen LogP contribution in [0.2, 0.25) is 5.02 Å². The van der Waals surface area contributed by atoms with Gasteiger partial charge in [0.15, 0.2) is 0 Å². The van der Waals surface area contributed by atoms with Crippen molar-refractivity contribution in [3.63, 3.8) is 0 Å². The summed E-state index contributed by atoms with van der Waals surface area (Å²) in [5.74, 6) is -0.322. The van der Waals surface area contributed by atoms with E-state index in [0.29, 0.717) is 33.2 Å². The molecule has 5 rings (SSSR count). The third-order valence-corrected chi connectivity index (χ3v) is 7.49. The van der Waals surface area contributed by atoms with Crippen LogP contribution in [0.15, 0.2) is 73.1 Å². The highest BCUT2D eigenvalue weighted by atomic mass is 35.5. The van der Waals surface area contributed by atoms with Gasteiger partial charge >= 0.3 is 0 Å². The van der Waals surface area contributed by atoms with Crippen LogP contribution >= 0.6 is 11.6 Å². The van der Waals surface area contributed by atoms with Crippen LogP contribution in [0, 0.1) is 24.1 Å². The van der Waals surface area contributed by atoms with Crippen LogP contribution < -0.4 is 10.6 Å². The fourth-order valence-corrected chi connectivity index (χ4v) is 5.23. The molecule has 5 aromatic rings. The second kappa shape index (κ2) is 11.9. The first-order chi connectivity index (χ1) is 19.8. The topological polar surface area (TPSA) is 91.5 Å². The Labute approximate surface area is 244 Å². The van der Waals surface area contributed by atoms with Crippen LogP contribution in [0.4, 0.5) is 15.8 Å². The number of hydrogen-bond acceptors (Lipinski definition) is 6. The minimum Gasteiger partial charge on any atom is -0.377 e. The number of rotatable bonds is 9. The Kier molecular flexibility index (Phi) is 8.18. The second-order valence-corrected chi connectivity index (χ2v) is 10.7. The van der Waals surface area contributed by atoms with E-state index in [-0.39, 0.29) is 17.9 Å². The Morgan fingerprint density at radius 3 is 2.49 bits per heavy atom. The van der Waals surface area contributed by atoms with Crippen LogP contribution in [-0.4, -0.2) is 20.0 Å². The highest BCUT2D eigenvalue weighted by Gasteiger charge is 2.22. The fourth-order valence-electron chi connectivity index (χ4n) is 4.96. The van der Waals surface area contributed by atoms with Crippen molar-refractivity contribution in [3.8, 4) is 6.07 Å². The van der Waals surface area contributed by atoms with Crippen LogP contribution in [0.3, 0.4) is 0 Å². The Bertz CT molecular complexity index is 1720. The standard InChI is InChI=1S/C32H31ClFN7/c1-5-28(25-9-7-6-8-20(25)4)38-30-22(16-35)17-36-32-26(30)14-24(15-27(32)33)37-31(21-10-12-23(34)13-11-21)29-18-41(19(2)3)40-39-29/h6-15,17-19,28,31,37H,5H2,1-4H3,(H,36,38)/t28-,31+/m1/s1. The molecule has 208 valence electrons. The van der Waals surface area contributed by atoms with Crippen molar-refractivity contribution >= 4 is 33.9 Å². The number of fused-ring (bicyclic) bond motifs is 1. The summed E-state index contributed by atoms with van der Waals surface area (Å²) in [5, 5.41) is 27.0. The summed E-state index contributed by atoms with van der Waals surface area (Å²) < 4.78 is 15.6. The van der Waals surface area contributed by atoms with E-state index in [1.165, 1.54) is 17.7 Å². The van der Waals surface area contributed by atoms with Crippen molar-refractivity contribution in [1.82, 2.24) is 20.0 Å². The lowest BCUT2D eigenvalue weighted by atomic mass is 9.98. The predicted octanol–water partition coefficient (Wildman–Crippen LogP) is 8.14. The number of aromatic nitrogens is 4. The Morgan fingerprint density at radius 2 is 1.83 bits per heavy atom. The molecular formula is C32H31ClFN7. The van der Waals surface area contributed by atoms with Gasteiger partial charge < -0.3 is 10.6 Å². The van der Waals surface area contributed by atoms with Crippen molar-refractivity contribution in [2.75, 3.05) is 10.6 Å². The van der Waals surface area contributed by atoms with Gasteiger partial charge in [-0.3, -0.25) is 4.98 Å². The third-order valence-electron chi connectivity index (χ3n) is 7.20. The molecule has 0 amide bonds. The van der Waals surface area contributed by atoms with E-state index in [9.17, 15) is 9.65 Å². The van der Waals surface area contributed by atoms with Crippen LogP contribution in [0.25, 0.3) is 10.9 Å². The van der Waals surface area contributed by atoms with E-state index in [1.54, 1.807) is 29.1 Å². The number of nitriles is 1. The summed E-state index contributed by atoms with van der Waals surface area (Å²) >= 11 is 6.79. The van der Waals surface area contributed by atoms with Gasteiger partial charge in [0, 0.05) is 23.3 Å². The molecule has 0 aliphatic rings. The van der Waals surface area contributed by atoms with E-state index in [1.807, 2.05) is 38.2 Å². The second-order valence-electron chi connectivity index (χ2n) is 10.3. The number of nitrogens with zero attached hydrogens (tertiary/aromatic N) is 5. The largest absolute Gasteiger partial charge is 0.377 e. The van der Waals surface area contributed by atoms with E-state index >= 15 is 0 Å². The summed E-state index contributed by atoms with van der Waals surface area (Å²) in [7, 11) is 0. The summed E-state index contributed by atoms with van der Waals surface area (Å²) in [6.07, 6.45) is 4.24. The third kappa shape index (κ3) is 5.86. The molecule has 41 heavy (non-hydrogen) atoms. The van der Waals surface area contributed by atoms with Gasteiger partial charge in [-0.15, -0.1) is 5.10 Å². The van der Waals surface area contributed by atoms with Gasteiger partial charge in [0.2, 0.25) is 0 Å². The number of nitrogens with one attached hydrogen (secondary N) is 2. The lowest BCUT2D eigenvalue weighted by Crippen LogP contribution is -2.14. The van der Waals surface area contributed by atoms with Gasteiger partial charge in [-0.1, -0.05) is 60.1 Å². The zero-order valence-corrected chi connectivity index (χ0v) is 24.1. The first-order valence-corrected chi connectivity index (χ1v) is 13.9. The maximum Gasteiger partial charge on any atom is 0.123 e. The van der Waals surface area contributed by atoms with Gasteiger partial charge in [-0.05, 0) is 68.1 Å². The first kappa shape index (κ1) is 28.1. The zero-order valence-electron chi connectivity index (χ0n) is 23.4. The number of pyridine rings is 1. The van der Waals surface area contributed by atoms with E-state index in [0.717, 1.165) is 22.9 Å². The molecule has 0 radical (unpaired) electrons. The molecule has 0 bridgehead atoms. The average Bonchev–Trinajstić information content (AvgIpc) is 3.46. The summed E-state index contributed by atoms with van der Waals surface area (Å²) in [4.78, 5) is 4.52. The minimum absolute atomic E-state index is 0.0256. The molecule has 7 nitrogen and oxygen atoms in total. The molecule has 0 fully saturated rings. The molecule has 0 aliphatic heterocycles. The van der Waals surface area contributed by atoms with Crippen molar-refractivity contribution < 1.29 is 4.39 Å².